The average molecular weight is 275 g/mol. The Kier molecular flexibility index (Phi) is 3.01. The molecule has 0 aliphatic carbocycles. The van der Waals surface area contributed by atoms with E-state index in [4.69, 9.17) is 0 Å². The number of hydrogen-bond donors (Lipinski definition) is 1. The lowest BCUT2D eigenvalue weighted by Crippen LogP contribution is -1.99. The fraction of sp³-hybridized carbons (Fsp3) is 0.231. The van der Waals surface area contributed by atoms with Gasteiger partial charge in [0.05, 0.1) is 32.5 Å². The fourth-order valence-corrected chi connectivity index (χ4v) is 3.31. The second-order valence-corrected chi connectivity index (χ2v) is 6.42. The van der Waals surface area contributed by atoms with Gasteiger partial charge in [0, 0.05) is 11.1 Å². The minimum absolute atomic E-state index is 0.771. The Morgan fingerprint density at radius 3 is 2.83 bits per heavy atom. The first-order chi connectivity index (χ1) is 8.70. The summed E-state index contributed by atoms with van der Waals surface area (Å²) < 4.78 is 1.23. The van der Waals surface area contributed by atoms with Gasteiger partial charge in [0.25, 0.3) is 0 Å². The van der Waals surface area contributed by atoms with E-state index in [1.165, 1.54) is 4.70 Å². The number of aromatic nitrogens is 2. The number of nitrogens with one attached hydrogen (secondary N) is 1. The lowest BCUT2D eigenvalue weighted by molar-refractivity contribution is 1.06. The Hall–Kier alpha value is -1.46. The van der Waals surface area contributed by atoms with Crippen LogP contribution in [0.3, 0.4) is 0 Å². The van der Waals surface area contributed by atoms with Gasteiger partial charge in [-0.1, -0.05) is 0 Å². The van der Waals surface area contributed by atoms with Gasteiger partial charge in [-0.15, -0.1) is 22.7 Å². The van der Waals surface area contributed by atoms with Crippen LogP contribution in [0.1, 0.15) is 15.7 Å². The van der Waals surface area contributed by atoms with Crippen molar-refractivity contribution in [3.05, 3.63) is 39.3 Å². The van der Waals surface area contributed by atoms with Gasteiger partial charge in [-0.2, -0.15) is 0 Å². The molecule has 18 heavy (non-hydrogen) atoms. The van der Waals surface area contributed by atoms with Crippen LogP contribution in [0.15, 0.2) is 23.6 Å². The molecule has 0 amide bonds. The number of benzene rings is 1. The quantitative estimate of drug-likeness (QED) is 0.785. The Morgan fingerprint density at radius 1 is 1.17 bits per heavy atom. The molecule has 0 spiro atoms. The van der Waals surface area contributed by atoms with E-state index in [2.05, 4.69) is 38.9 Å². The van der Waals surface area contributed by atoms with Crippen LogP contribution >= 0.6 is 22.7 Å². The molecule has 3 rings (SSSR count). The highest BCUT2D eigenvalue weighted by Crippen LogP contribution is 2.25. The molecule has 0 unspecified atom stereocenters. The third-order valence-electron chi connectivity index (χ3n) is 2.64. The molecule has 92 valence electrons. The summed E-state index contributed by atoms with van der Waals surface area (Å²) in [7, 11) is 0. The number of anilines is 1. The zero-order valence-corrected chi connectivity index (χ0v) is 11.9. The SMILES string of the molecule is Cc1nc(CNc2ccc3nc(C)sc3c2)cs1. The predicted molar refractivity (Wildman–Crippen MR) is 78.5 cm³/mol. The fourth-order valence-electron chi connectivity index (χ4n) is 1.83. The summed E-state index contributed by atoms with van der Waals surface area (Å²) in [5.41, 5.74) is 3.29. The molecular weight excluding hydrogens is 262 g/mol. The number of rotatable bonds is 3. The van der Waals surface area contributed by atoms with E-state index in [1.54, 1.807) is 22.7 Å². The maximum Gasteiger partial charge on any atom is 0.0907 e. The highest BCUT2D eigenvalue weighted by atomic mass is 32.1. The molecule has 0 saturated carbocycles. The lowest BCUT2D eigenvalue weighted by atomic mass is 10.3. The third kappa shape index (κ3) is 2.37. The molecule has 0 fully saturated rings. The summed E-state index contributed by atoms with van der Waals surface area (Å²) in [6.45, 7) is 4.84. The van der Waals surface area contributed by atoms with Gasteiger partial charge >= 0.3 is 0 Å². The van der Waals surface area contributed by atoms with E-state index in [9.17, 15) is 0 Å². The number of nitrogens with zero attached hydrogens (tertiary/aromatic N) is 2. The van der Waals surface area contributed by atoms with Crippen LogP contribution in [-0.4, -0.2) is 9.97 Å². The molecule has 0 bridgehead atoms. The van der Waals surface area contributed by atoms with Crippen LogP contribution in [0.5, 0.6) is 0 Å². The maximum absolute atomic E-state index is 4.46. The monoisotopic (exact) mass is 275 g/mol. The van der Waals surface area contributed by atoms with Crippen molar-refractivity contribution >= 4 is 38.6 Å². The molecule has 0 aliphatic heterocycles. The third-order valence-corrected chi connectivity index (χ3v) is 4.39. The van der Waals surface area contributed by atoms with Crippen molar-refractivity contribution in [2.45, 2.75) is 20.4 Å². The van der Waals surface area contributed by atoms with Crippen molar-refractivity contribution in [2.75, 3.05) is 5.32 Å². The zero-order valence-electron chi connectivity index (χ0n) is 10.2. The summed E-state index contributed by atoms with van der Waals surface area (Å²) in [6, 6.07) is 6.29. The Labute approximate surface area is 114 Å². The van der Waals surface area contributed by atoms with Crippen LogP contribution in [0.2, 0.25) is 0 Å². The molecule has 3 aromatic rings. The van der Waals surface area contributed by atoms with Crippen LogP contribution in [0.25, 0.3) is 10.2 Å². The van der Waals surface area contributed by atoms with Crippen LogP contribution in [-0.2, 0) is 6.54 Å². The Bertz CT molecular complexity index is 684. The molecule has 2 heterocycles. The van der Waals surface area contributed by atoms with E-state index in [0.717, 1.165) is 33.5 Å². The van der Waals surface area contributed by atoms with E-state index in [1.807, 2.05) is 13.8 Å². The van der Waals surface area contributed by atoms with Crippen molar-refractivity contribution in [2.24, 2.45) is 0 Å². The average Bonchev–Trinajstić information content (AvgIpc) is 2.90. The summed E-state index contributed by atoms with van der Waals surface area (Å²) >= 11 is 3.41. The van der Waals surface area contributed by atoms with Gasteiger partial charge in [-0.3, -0.25) is 0 Å². The summed E-state index contributed by atoms with van der Waals surface area (Å²) in [4.78, 5) is 8.89. The van der Waals surface area contributed by atoms with Gasteiger partial charge in [0.15, 0.2) is 0 Å². The molecule has 0 radical (unpaired) electrons. The van der Waals surface area contributed by atoms with Crippen molar-refractivity contribution in [1.29, 1.82) is 0 Å². The second-order valence-electron chi connectivity index (χ2n) is 4.13. The van der Waals surface area contributed by atoms with E-state index < -0.39 is 0 Å². The maximum atomic E-state index is 4.46. The highest BCUT2D eigenvalue weighted by molar-refractivity contribution is 7.18. The van der Waals surface area contributed by atoms with E-state index in [-0.39, 0.29) is 0 Å². The van der Waals surface area contributed by atoms with Crippen LogP contribution in [0, 0.1) is 13.8 Å². The predicted octanol–water partition coefficient (Wildman–Crippen LogP) is 3.98. The first-order valence-corrected chi connectivity index (χ1v) is 7.42. The molecular formula is C13H13N3S2. The number of fused-ring (bicyclic) bond motifs is 1. The molecule has 2 aromatic heterocycles. The Morgan fingerprint density at radius 2 is 2.06 bits per heavy atom. The molecule has 3 nitrogen and oxygen atoms in total. The normalized spacial score (nSPS) is 11.0. The molecule has 0 aliphatic rings. The largest absolute Gasteiger partial charge is 0.379 e. The standard InChI is InChI=1S/C13H13N3S2/c1-8-15-11(7-17-8)6-14-10-3-4-12-13(5-10)18-9(2)16-12/h3-5,7,14H,6H2,1-2H3. The van der Waals surface area contributed by atoms with Crippen LogP contribution < -0.4 is 5.32 Å². The number of hydrogen-bond acceptors (Lipinski definition) is 5. The topological polar surface area (TPSA) is 37.8 Å². The lowest BCUT2D eigenvalue weighted by Gasteiger charge is -2.03. The van der Waals surface area contributed by atoms with Crippen LogP contribution in [0.4, 0.5) is 5.69 Å². The van der Waals surface area contributed by atoms with Gasteiger partial charge in [0.2, 0.25) is 0 Å². The number of aryl methyl sites for hydroxylation is 2. The van der Waals surface area contributed by atoms with Crippen molar-refractivity contribution < 1.29 is 0 Å². The summed E-state index contributed by atoms with van der Waals surface area (Å²) in [5.74, 6) is 0. The number of thiazole rings is 2. The second kappa shape index (κ2) is 4.66. The first kappa shape index (κ1) is 11.6. The van der Waals surface area contributed by atoms with Crippen molar-refractivity contribution in [3.8, 4) is 0 Å². The molecule has 5 heteroatoms. The van der Waals surface area contributed by atoms with Gasteiger partial charge in [-0.25, -0.2) is 9.97 Å². The minimum atomic E-state index is 0.771. The van der Waals surface area contributed by atoms with Gasteiger partial charge in [-0.05, 0) is 32.0 Å². The van der Waals surface area contributed by atoms with Gasteiger partial charge in [0.1, 0.15) is 0 Å². The van der Waals surface area contributed by atoms with E-state index in [0.29, 0.717) is 0 Å². The minimum Gasteiger partial charge on any atom is -0.379 e. The Balaban J connectivity index is 1.78. The smallest absolute Gasteiger partial charge is 0.0907 e. The molecule has 0 atom stereocenters. The summed E-state index contributed by atoms with van der Waals surface area (Å²) in [5, 5.41) is 7.71. The first-order valence-electron chi connectivity index (χ1n) is 5.73. The molecule has 1 aromatic carbocycles. The van der Waals surface area contributed by atoms with Gasteiger partial charge < -0.3 is 5.32 Å². The molecule has 1 N–H and O–H groups in total. The van der Waals surface area contributed by atoms with E-state index >= 15 is 0 Å². The van der Waals surface area contributed by atoms with Crippen molar-refractivity contribution in [3.63, 3.8) is 0 Å². The zero-order chi connectivity index (χ0) is 12.5. The molecule has 0 saturated heterocycles. The highest BCUT2D eigenvalue weighted by Gasteiger charge is 2.02. The van der Waals surface area contributed by atoms with Crippen molar-refractivity contribution in [1.82, 2.24) is 9.97 Å². The summed E-state index contributed by atoms with van der Waals surface area (Å²) in [6.07, 6.45) is 0.